The number of rotatable bonds is 18. The van der Waals surface area contributed by atoms with Crippen molar-refractivity contribution in [1.29, 1.82) is 0 Å². The van der Waals surface area contributed by atoms with Gasteiger partial charge in [0, 0.05) is 208 Å². The third-order valence-electron chi connectivity index (χ3n) is 25.1. The minimum absolute atomic E-state index is 0.0612. The molecule has 6 aromatic carbocycles. The standard InChI is InChI=1S/C17H18N6O.3C17H17N5O2.2C17H17N5OS/c24-17(18-10-13-6-8-19-20-13)23-9-7-15-14(11-23)16(22-21-15)12-4-2-1-3-5-12;23-17(18-8-12-9-19-24-11-12)22-7-6-15-14(10-22)16(21-20-15)13-4-2-1-3-5-13;23-17(18-8-13-10-24-11-19-13)22-7-6-15-14(9-22)16(21-20-15)12-4-2-1-3-5-12;23-17(19-9-13-8-18-11-24-13)22-7-6-15-14(10-22)16(21-20-15)12-4-2-1-3-5-12;23-17(18-10-13-7-9-24-21-13)22-8-6-15-14(11-22)16(20-19-15)12-4-2-1-3-5-12;23-17(18-8-13-10-24-11-19-13)22-7-6-15-14(9-22)16(21-20-15)12-4-2-1-3-5-12/h1-6,8H,7,9-11H2,(H,18,24)(H,19,20)(H,21,22);1-5,9,11H,6-8,10H2,(H,18,23)(H,20,21);1-5,10-11H,6-9H2,(H,18,23)(H,20,21);1-5,8,11H,6-7,9-10H2,(H,19,23)(H,20,21);1-5,7,9H,6,8,10-11H2,(H,18,23)(H,19,20);1-5,10-11H,6-9H2,(H,18,23)(H,20,21). The molecule has 6 aliphatic heterocycles. The number of nitrogens with zero attached hydrogens (tertiary/aromatic N) is 18. The summed E-state index contributed by atoms with van der Waals surface area (Å²) >= 11 is 2.92. The van der Waals surface area contributed by atoms with Crippen LogP contribution in [-0.2, 0) is 117 Å². The molecule has 0 aliphatic carbocycles. The number of thiazole rings is 1. The molecule has 0 spiro atoms. The Balaban J connectivity index is 0.000000109. The van der Waals surface area contributed by atoms with Gasteiger partial charge in [-0.25, -0.2) is 43.7 Å². The summed E-state index contributed by atoms with van der Waals surface area (Å²) in [6, 6.07) is 63.4. The fraction of sp³-hybridized carbons (Fsp3) is 0.235. The maximum atomic E-state index is 12.4. The minimum Gasteiger partial charge on any atom is -0.451 e. The first-order chi connectivity index (χ1) is 70.9. The van der Waals surface area contributed by atoms with Crippen LogP contribution in [0.3, 0.4) is 0 Å². The highest BCUT2D eigenvalue weighted by Gasteiger charge is 2.33. The molecule has 12 amide bonds. The summed E-state index contributed by atoms with van der Waals surface area (Å²) in [5.74, 6) is 0.634. The number of oxazole rings is 2. The van der Waals surface area contributed by atoms with Crippen LogP contribution in [0.5, 0.6) is 0 Å². The lowest BCUT2D eigenvalue weighted by atomic mass is 10.0. The van der Waals surface area contributed by atoms with Crippen LogP contribution in [-0.4, -0.2) is 201 Å². The maximum absolute atomic E-state index is 12.4. The van der Waals surface area contributed by atoms with Crippen molar-refractivity contribution in [2.75, 3.05) is 39.3 Å². The van der Waals surface area contributed by atoms with Crippen LogP contribution in [0.4, 0.5) is 28.8 Å². The summed E-state index contributed by atoms with van der Waals surface area (Å²) in [6.45, 7) is 9.82. The Bertz CT molecular complexity index is 6060. The van der Waals surface area contributed by atoms with Crippen LogP contribution in [0.15, 0.2) is 268 Å². The van der Waals surface area contributed by atoms with Crippen LogP contribution >= 0.6 is 22.9 Å². The fourth-order valence-electron chi connectivity index (χ4n) is 17.5. The van der Waals surface area contributed by atoms with E-state index in [2.05, 4.69) is 128 Å². The Labute approximate surface area is 833 Å². The highest BCUT2D eigenvalue weighted by Crippen LogP contribution is 2.36. The van der Waals surface area contributed by atoms with Gasteiger partial charge in [0.25, 0.3) is 0 Å². The molecule has 0 fully saturated rings. The fourth-order valence-corrected chi connectivity index (χ4v) is 18.6. The molecular weight excluding hydrogens is 1870 g/mol. The molecule has 24 rings (SSSR count). The number of carbonyl (C=O) groups is 6. The first-order valence-electron chi connectivity index (χ1n) is 47.1. The number of urea groups is 6. The van der Waals surface area contributed by atoms with Crippen LogP contribution in [0, 0.1) is 0 Å². The summed E-state index contributed by atoms with van der Waals surface area (Å²) < 4.78 is 19.0. The van der Waals surface area contributed by atoms with E-state index in [9.17, 15) is 28.8 Å². The molecule has 42 heteroatoms. The second-order valence-electron chi connectivity index (χ2n) is 34.4. The van der Waals surface area contributed by atoms with E-state index in [-0.39, 0.29) is 36.2 Å². The Kier molecular flexibility index (Phi) is 30.7. The van der Waals surface area contributed by atoms with E-state index in [1.807, 2.05) is 220 Å². The van der Waals surface area contributed by atoms with Gasteiger partial charge in [-0.15, -0.1) is 11.3 Å². The predicted octanol–water partition coefficient (Wildman–Crippen LogP) is 14.7. The normalized spacial score (nSPS) is 13.6. The van der Waals surface area contributed by atoms with Crippen molar-refractivity contribution < 1.29 is 42.1 Å². The zero-order valence-electron chi connectivity index (χ0n) is 78.3. The summed E-state index contributed by atoms with van der Waals surface area (Å²) in [4.78, 5) is 97.4. The molecule has 40 nitrogen and oxygen atoms in total. The number of fused-ring (bicyclic) bond motifs is 6. The number of carbonyl (C=O) groups excluding carboxylic acids is 6. The average molecular weight is 1970 g/mol. The van der Waals surface area contributed by atoms with Gasteiger partial charge in [0.05, 0.1) is 147 Å². The van der Waals surface area contributed by atoms with E-state index in [4.69, 9.17) is 13.4 Å². The zero-order chi connectivity index (χ0) is 98.1. The molecule has 732 valence electrons. The predicted molar refractivity (Wildman–Crippen MR) is 535 cm³/mol. The maximum Gasteiger partial charge on any atom is 0.318 e. The molecule has 0 unspecified atom stereocenters. The third-order valence-corrected chi connectivity index (χ3v) is 26.4. The van der Waals surface area contributed by atoms with Gasteiger partial charge in [0.1, 0.15) is 18.3 Å². The lowest BCUT2D eigenvalue weighted by Crippen LogP contribution is -2.42. The molecule has 0 radical (unpaired) electrons. The van der Waals surface area contributed by atoms with Crippen LogP contribution in [0.2, 0.25) is 0 Å². The third kappa shape index (κ3) is 23.7. The lowest BCUT2D eigenvalue weighted by Gasteiger charge is -2.27. The summed E-state index contributed by atoms with van der Waals surface area (Å²) in [5, 5.41) is 77.0. The van der Waals surface area contributed by atoms with Gasteiger partial charge in [-0.05, 0) is 23.7 Å². The summed E-state index contributed by atoms with van der Waals surface area (Å²) in [7, 11) is 0. The number of amides is 12. The van der Waals surface area contributed by atoms with Crippen molar-refractivity contribution in [3.05, 3.63) is 356 Å². The Morgan fingerprint density at radius 1 is 0.340 bits per heavy atom. The first kappa shape index (κ1) is 95.2. The molecule has 18 heterocycles. The molecule has 144 heavy (non-hydrogen) atoms. The average Bonchev–Trinajstić information content (AvgIpc) is 1.67. The molecule has 0 bridgehead atoms. The van der Waals surface area contributed by atoms with Crippen molar-refractivity contribution >= 4 is 59.1 Å². The number of hydrogen-bond donors (Lipinski definition) is 13. The van der Waals surface area contributed by atoms with Gasteiger partial charge < -0.3 is 74.7 Å². The van der Waals surface area contributed by atoms with E-state index in [1.54, 1.807) is 38.8 Å². The molecule has 6 aliphatic rings. The van der Waals surface area contributed by atoms with E-state index in [0.717, 1.165) is 196 Å². The number of aromatic nitrogens is 19. The van der Waals surface area contributed by atoms with Crippen LogP contribution in [0.25, 0.3) is 67.5 Å². The summed E-state index contributed by atoms with van der Waals surface area (Å²) in [6.07, 6.45) is 15.3. The van der Waals surface area contributed by atoms with E-state index < -0.39 is 0 Å². The van der Waals surface area contributed by atoms with Gasteiger partial charge in [-0.2, -0.15) is 40.1 Å². The topological polar surface area (TPSA) is 499 Å². The number of benzene rings is 6. The van der Waals surface area contributed by atoms with Gasteiger partial charge in [0.2, 0.25) is 0 Å². The monoisotopic (exact) mass is 1970 g/mol. The quantitative estimate of drug-likeness (QED) is 0.0379. The second-order valence-corrected chi connectivity index (χ2v) is 35.8. The van der Waals surface area contributed by atoms with Crippen molar-refractivity contribution in [2.45, 2.75) is 117 Å². The Morgan fingerprint density at radius 3 is 0.972 bits per heavy atom. The molecule has 13 N–H and O–H groups in total. The molecule has 0 atom stereocenters. The number of nitrogens with one attached hydrogen (secondary N) is 13. The SMILES string of the molecule is O=C(NCc1ccn[nH]1)N1CCc2[nH]nc(-c3ccccc3)c2C1.O=C(NCc1ccsn1)N1CCc2[nH]nc(-c3ccccc3)c2C1.O=C(NCc1cnco1)N1CCc2[nH]nc(-c3ccccc3)c2C1.O=C(NCc1cnoc1)N1CCc2[nH]nc(-c3ccccc3)c2C1.O=C(NCc1cocn1)N1CCc2[nH]nc(-c3ccccc3)c2C1.O=C(NCc1cscn1)N1CCc2[nH]nc(-c3ccccc3)c2C1. The van der Waals surface area contributed by atoms with E-state index in [0.29, 0.717) is 129 Å². The highest BCUT2D eigenvalue weighted by atomic mass is 32.1. The number of aromatic amines is 7. The smallest absolute Gasteiger partial charge is 0.318 e. The number of H-pyrrole nitrogens is 7. The van der Waals surface area contributed by atoms with Crippen LogP contribution < -0.4 is 31.9 Å². The summed E-state index contributed by atoms with van der Waals surface area (Å²) in [5.41, 5.74) is 31.1. The van der Waals surface area contributed by atoms with Crippen LogP contribution in [0.1, 0.15) is 102 Å². The zero-order valence-corrected chi connectivity index (χ0v) is 79.9. The molecule has 0 saturated heterocycles. The first-order valence-corrected chi connectivity index (χ1v) is 48.9. The van der Waals surface area contributed by atoms with Crippen molar-refractivity contribution in [1.82, 2.24) is 157 Å². The van der Waals surface area contributed by atoms with Crippen molar-refractivity contribution in [3.63, 3.8) is 0 Å². The van der Waals surface area contributed by atoms with E-state index in [1.165, 1.54) is 48.2 Å². The van der Waals surface area contributed by atoms with Gasteiger partial charge in [0.15, 0.2) is 12.8 Å². The Hall–Kier alpha value is -17.7. The highest BCUT2D eigenvalue weighted by molar-refractivity contribution is 7.07. The largest absolute Gasteiger partial charge is 0.451 e. The van der Waals surface area contributed by atoms with E-state index >= 15 is 0 Å². The van der Waals surface area contributed by atoms with Gasteiger partial charge in [-0.1, -0.05) is 187 Å². The lowest BCUT2D eigenvalue weighted by molar-refractivity contribution is 0.190. The number of hydrogen-bond acceptors (Lipinski definition) is 23. The Morgan fingerprint density at radius 2 is 0.681 bits per heavy atom. The van der Waals surface area contributed by atoms with Gasteiger partial charge in [-0.3, -0.25) is 35.7 Å². The molecule has 18 aromatic rings. The molecule has 12 aromatic heterocycles. The molecule has 0 saturated carbocycles. The molecular formula is C102H103N31O9S2. The van der Waals surface area contributed by atoms with Crippen molar-refractivity contribution in [3.8, 4) is 67.5 Å². The van der Waals surface area contributed by atoms with Gasteiger partial charge >= 0.3 is 36.2 Å². The van der Waals surface area contributed by atoms with Crippen molar-refractivity contribution in [2.24, 2.45) is 0 Å². The second kappa shape index (κ2) is 46.4. The minimum atomic E-state index is -0.114.